The number of benzene rings is 2. The number of aromatic nitrogens is 1. The Morgan fingerprint density at radius 3 is 2.31 bits per heavy atom. The van der Waals surface area contributed by atoms with Crippen molar-refractivity contribution < 1.29 is 14.3 Å². The molecule has 0 aliphatic rings. The fraction of sp³-hybridized carbons (Fsp3) is 0.0500. The SMILES string of the molecule is O=C(NCc1ccncc1)C(=O)Nc1ccccc1Oc1ccccc1. The maximum atomic E-state index is 12.1. The number of hydrogen-bond donors (Lipinski definition) is 2. The summed E-state index contributed by atoms with van der Waals surface area (Å²) >= 11 is 0. The molecule has 0 atom stereocenters. The maximum Gasteiger partial charge on any atom is 0.313 e. The Morgan fingerprint density at radius 2 is 1.54 bits per heavy atom. The second-order valence-electron chi connectivity index (χ2n) is 5.40. The van der Waals surface area contributed by atoms with Gasteiger partial charge in [-0.1, -0.05) is 30.3 Å². The minimum absolute atomic E-state index is 0.247. The molecule has 6 nitrogen and oxygen atoms in total. The number of pyridine rings is 1. The van der Waals surface area contributed by atoms with Gasteiger partial charge >= 0.3 is 11.8 Å². The molecule has 2 aromatic carbocycles. The van der Waals surface area contributed by atoms with Gasteiger partial charge in [-0.2, -0.15) is 0 Å². The largest absolute Gasteiger partial charge is 0.455 e. The maximum absolute atomic E-state index is 12.1. The molecule has 6 heteroatoms. The summed E-state index contributed by atoms with van der Waals surface area (Å²) in [4.78, 5) is 28.1. The number of hydrogen-bond acceptors (Lipinski definition) is 4. The van der Waals surface area contributed by atoms with Gasteiger partial charge in [0.25, 0.3) is 0 Å². The molecule has 2 amide bonds. The predicted molar refractivity (Wildman–Crippen MR) is 97.7 cm³/mol. The zero-order valence-corrected chi connectivity index (χ0v) is 13.9. The quantitative estimate of drug-likeness (QED) is 0.695. The van der Waals surface area contributed by atoms with Crippen LogP contribution in [0.2, 0.25) is 0 Å². The Labute approximate surface area is 150 Å². The number of nitrogens with zero attached hydrogens (tertiary/aromatic N) is 1. The first-order valence-electron chi connectivity index (χ1n) is 8.02. The topological polar surface area (TPSA) is 80.3 Å². The number of anilines is 1. The number of para-hydroxylation sites is 3. The van der Waals surface area contributed by atoms with Crippen molar-refractivity contribution in [2.24, 2.45) is 0 Å². The van der Waals surface area contributed by atoms with Crippen LogP contribution in [-0.4, -0.2) is 16.8 Å². The normalized spacial score (nSPS) is 10.0. The van der Waals surface area contributed by atoms with Gasteiger partial charge < -0.3 is 15.4 Å². The summed E-state index contributed by atoms with van der Waals surface area (Å²) in [5.74, 6) is -0.398. The van der Waals surface area contributed by atoms with Crippen LogP contribution in [0.3, 0.4) is 0 Å². The monoisotopic (exact) mass is 347 g/mol. The highest BCUT2D eigenvalue weighted by molar-refractivity contribution is 6.39. The summed E-state index contributed by atoms with van der Waals surface area (Å²) in [6.45, 7) is 0.247. The summed E-state index contributed by atoms with van der Waals surface area (Å²) < 4.78 is 5.77. The van der Waals surface area contributed by atoms with Crippen molar-refractivity contribution in [2.45, 2.75) is 6.54 Å². The van der Waals surface area contributed by atoms with Gasteiger partial charge in [-0.05, 0) is 42.0 Å². The number of amides is 2. The molecule has 1 aromatic heterocycles. The average Bonchev–Trinajstić information content (AvgIpc) is 2.69. The molecule has 2 N–H and O–H groups in total. The van der Waals surface area contributed by atoms with E-state index in [4.69, 9.17) is 4.74 Å². The predicted octanol–water partition coefficient (Wildman–Crippen LogP) is 3.13. The van der Waals surface area contributed by atoms with Crippen LogP contribution < -0.4 is 15.4 Å². The molecule has 130 valence electrons. The van der Waals surface area contributed by atoms with E-state index in [9.17, 15) is 9.59 Å². The van der Waals surface area contributed by atoms with Crippen molar-refractivity contribution in [1.82, 2.24) is 10.3 Å². The first-order chi connectivity index (χ1) is 12.7. The molecule has 1 heterocycles. The van der Waals surface area contributed by atoms with Gasteiger partial charge in [0.1, 0.15) is 5.75 Å². The van der Waals surface area contributed by atoms with E-state index in [1.165, 1.54) is 0 Å². The fourth-order valence-electron chi connectivity index (χ4n) is 2.22. The van der Waals surface area contributed by atoms with E-state index in [1.54, 1.807) is 60.9 Å². The zero-order chi connectivity index (χ0) is 18.2. The molecule has 0 saturated heterocycles. The number of ether oxygens (including phenoxy) is 1. The smallest absolute Gasteiger partial charge is 0.313 e. The average molecular weight is 347 g/mol. The minimum atomic E-state index is -0.761. The molecule has 0 radical (unpaired) electrons. The molecule has 0 bridgehead atoms. The Kier molecular flexibility index (Phi) is 5.57. The first-order valence-corrected chi connectivity index (χ1v) is 8.02. The van der Waals surface area contributed by atoms with Gasteiger partial charge in [0.05, 0.1) is 5.69 Å². The van der Waals surface area contributed by atoms with E-state index in [2.05, 4.69) is 15.6 Å². The van der Waals surface area contributed by atoms with Crippen molar-refractivity contribution in [3.8, 4) is 11.5 Å². The van der Waals surface area contributed by atoms with Gasteiger partial charge in [-0.25, -0.2) is 0 Å². The highest BCUT2D eigenvalue weighted by atomic mass is 16.5. The van der Waals surface area contributed by atoms with E-state index < -0.39 is 11.8 Å². The zero-order valence-electron chi connectivity index (χ0n) is 13.9. The minimum Gasteiger partial charge on any atom is -0.455 e. The van der Waals surface area contributed by atoms with E-state index in [0.717, 1.165) is 5.56 Å². The highest BCUT2D eigenvalue weighted by Crippen LogP contribution is 2.28. The van der Waals surface area contributed by atoms with Crippen molar-refractivity contribution in [3.63, 3.8) is 0 Å². The second-order valence-corrected chi connectivity index (χ2v) is 5.40. The number of carbonyl (C=O) groups is 2. The molecular weight excluding hydrogens is 330 g/mol. The Hall–Kier alpha value is -3.67. The van der Waals surface area contributed by atoms with E-state index in [1.807, 2.05) is 18.2 Å². The Balaban J connectivity index is 1.63. The van der Waals surface area contributed by atoms with Gasteiger partial charge in [0.15, 0.2) is 5.75 Å². The van der Waals surface area contributed by atoms with Crippen LogP contribution >= 0.6 is 0 Å². The lowest BCUT2D eigenvalue weighted by Gasteiger charge is -2.12. The summed E-state index contributed by atoms with van der Waals surface area (Å²) in [7, 11) is 0. The summed E-state index contributed by atoms with van der Waals surface area (Å²) in [6, 6.07) is 19.7. The molecule has 0 unspecified atom stereocenters. The Bertz CT molecular complexity index is 883. The van der Waals surface area contributed by atoms with Gasteiger partial charge in [0, 0.05) is 18.9 Å². The number of nitrogens with one attached hydrogen (secondary N) is 2. The second kappa shape index (κ2) is 8.43. The lowest BCUT2D eigenvalue weighted by Crippen LogP contribution is -2.35. The van der Waals surface area contributed by atoms with Crippen molar-refractivity contribution in [3.05, 3.63) is 84.7 Å². The molecule has 0 saturated carbocycles. The molecule has 3 rings (SSSR count). The third kappa shape index (κ3) is 4.67. The Morgan fingerprint density at radius 1 is 0.846 bits per heavy atom. The van der Waals surface area contributed by atoms with Gasteiger partial charge in [-0.3, -0.25) is 14.6 Å². The lowest BCUT2D eigenvalue weighted by atomic mass is 10.2. The highest BCUT2D eigenvalue weighted by Gasteiger charge is 2.15. The van der Waals surface area contributed by atoms with Crippen LogP contribution in [0.15, 0.2) is 79.1 Å². The van der Waals surface area contributed by atoms with Crippen LogP contribution in [0.4, 0.5) is 5.69 Å². The van der Waals surface area contributed by atoms with E-state index in [-0.39, 0.29) is 6.54 Å². The summed E-state index contributed by atoms with van der Waals surface area (Å²) in [6.07, 6.45) is 3.25. The molecule has 0 fully saturated rings. The van der Waals surface area contributed by atoms with Crippen molar-refractivity contribution in [1.29, 1.82) is 0 Å². The van der Waals surface area contributed by atoms with Crippen molar-refractivity contribution >= 4 is 17.5 Å². The van der Waals surface area contributed by atoms with Gasteiger partial charge in [-0.15, -0.1) is 0 Å². The van der Waals surface area contributed by atoms with Gasteiger partial charge in [0.2, 0.25) is 0 Å². The molecule has 0 spiro atoms. The number of rotatable bonds is 5. The third-order valence-corrected chi connectivity index (χ3v) is 3.51. The van der Waals surface area contributed by atoms with Crippen LogP contribution in [0.5, 0.6) is 11.5 Å². The summed E-state index contributed by atoms with van der Waals surface area (Å²) in [5.41, 5.74) is 1.27. The van der Waals surface area contributed by atoms with Crippen LogP contribution in [-0.2, 0) is 16.1 Å². The third-order valence-electron chi connectivity index (χ3n) is 3.51. The lowest BCUT2D eigenvalue weighted by molar-refractivity contribution is -0.136. The molecular formula is C20H17N3O3. The van der Waals surface area contributed by atoms with Crippen LogP contribution in [0.1, 0.15) is 5.56 Å². The molecule has 26 heavy (non-hydrogen) atoms. The molecule has 3 aromatic rings. The van der Waals surface area contributed by atoms with Crippen molar-refractivity contribution in [2.75, 3.05) is 5.32 Å². The summed E-state index contributed by atoms with van der Waals surface area (Å²) in [5, 5.41) is 5.15. The standard InChI is InChI=1S/C20H17N3O3/c24-19(22-14-15-10-12-21-13-11-15)20(25)23-17-8-4-5-9-18(17)26-16-6-2-1-3-7-16/h1-13H,14H2,(H,22,24)(H,23,25). The molecule has 0 aliphatic carbocycles. The number of carbonyl (C=O) groups excluding carboxylic acids is 2. The van der Waals surface area contributed by atoms with E-state index in [0.29, 0.717) is 17.2 Å². The van der Waals surface area contributed by atoms with Crippen LogP contribution in [0, 0.1) is 0 Å². The van der Waals surface area contributed by atoms with E-state index >= 15 is 0 Å². The van der Waals surface area contributed by atoms with Crippen LogP contribution in [0.25, 0.3) is 0 Å². The fourth-order valence-corrected chi connectivity index (χ4v) is 2.22. The molecule has 0 aliphatic heterocycles. The first kappa shape index (κ1) is 17.2.